The fourth-order valence-electron chi connectivity index (χ4n) is 5.70. The largest absolute Gasteiger partial charge is 0.352 e. The maximum atomic E-state index is 14.4. The van der Waals surface area contributed by atoms with Crippen molar-refractivity contribution in [3.05, 3.63) is 52.3 Å². The number of hydrogen-bond donors (Lipinski definition) is 1. The zero-order chi connectivity index (χ0) is 23.7. The summed E-state index contributed by atoms with van der Waals surface area (Å²) in [6, 6.07) is 10.2. The summed E-state index contributed by atoms with van der Waals surface area (Å²) in [5, 5.41) is 4.03. The lowest BCUT2D eigenvalue weighted by atomic mass is 9.82. The number of nitrogens with zero attached hydrogens (tertiary/aromatic N) is 2. The molecule has 0 bridgehead atoms. The Morgan fingerprint density at radius 1 is 0.971 bits per heavy atom. The molecule has 1 heterocycles. The molecule has 34 heavy (non-hydrogen) atoms. The maximum Gasteiger partial charge on any atom is 0.243 e. The van der Waals surface area contributed by atoms with Crippen molar-refractivity contribution in [2.45, 2.75) is 76.3 Å². The van der Waals surface area contributed by atoms with Crippen LogP contribution in [0.1, 0.15) is 70.3 Å². The first-order valence-electron chi connectivity index (χ1n) is 12.4. The highest BCUT2D eigenvalue weighted by Gasteiger charge is 2.35. The Hall–Kier alpha value is -2.11. The van der Waals surface area contributed by atoms with E-state index in [4.69, 9.17) is 28.2 Å². The third-order valence-corrected chi connectivity index (χ3v) is 7.97. The third-order valence-electron chi connectivity index (χ3n) is 7.43. The smallest absolute Gasteiger partial charge is 0.243 e. The minimum Gasteiger partial charge on any atom is -0.352 e. The van der Waals surface area contributed by atoms with E-state index >= 15 is 0 Å². The van der Waals surface area contributed by atoms with E-state index in [1.807, 2.05) is 28.8 Å². The fourth-order valence-corrected chi connectivity index (χ4v) is 5.98. The molecule has 180 valence electrons. The Labute approximate surface area is 209 Å². The van der Waals surface area contributed by atoms with Crippen LogP contribution in [0, 0.1) is 11.7 Å². The van der Waals surface area contributed by atoms with Gasteiger partial charge < -0.3 is 9.88 Å². The molecule has 4 nitrogen and oxygen atoms in total. The van der Waals surface area contributed by atoms with E-state index in [1.165, 1.54) is 18.9 Å². The maximum absolute atomic E-state index is 14.4. The molecular weight excluding hydrogens is 472 g/mol. The monoisotopic (exact) mass is 501 g/mol. The van der Waals surface area contributed by atoms with Crippen LogP contribution in [0.5, 0.6) is 0 Å². The van der Waals surface area contributed by atoms with Crippen molar-refractivity contribution in [2.24, 2.45) is 5.92 Å². The van der Waals surface area contributed by atoms with Crippen LogP contribution < -0.4 is 5.32 Å². The summed E-state index contributed by atoms with van der Waals surface area (Å²) in [4.78, 5) is 18.8. The molecule has 3 aromatic rings. The van der Waals surface area contributed by atoms with Gasteiger partial charge in [0.05, 0.1) is 16.1 Å². The second-order valence-electron chi connectivity index (χ2n) is 9.75. The van der Waals surface area contributed by atoms with Gasteiger partial charge in [0.15, 0.2) is 0 Å². The van der Waals surface area contributed by atoms with Gasteiger partial charge in [0.2, 0.25) is 5.91 Å². The lowest BCUT2D eigenvalue weighted by Gasteiger charge is -2.33. The average Bonchev–Trinajstić information content (AvgIpc) is 3.19. The molecule has 1 N–H and O–H groups in total. The Bertz CT molecular complexity index is 1160. The quantitative estimate of drug-likeness (QED) is 0.388. The molecule has 7 heteroatoms. The van der Waals surface area contributed by atoms with Crippen molar-refractivity contribution in [3.8, 4) is 11.4 Å². The van der Waals surface area contributed by atoms with E-state index in [0.29, 0.717) is 21.9 Å². The summed E-state index contributed by atoms with van der Waals surface area (Å²) in [6.45, 7) is 0. The number of hydrogen-bond acceptors (Lipinski definition) is 2. The number of halogens is 3. The zero-order valence-electron chi connectivity index (χ0n) is 19.2. The van der Waals surface area contributed by atoms with Gasteiger partial charge in [-0.05, 0) is 61.9 Å². The summed E-state index contributed by atoms with van der Waals surface area (Å²) in [5.41, 5.74) is 2.02. The van der Waals surface area contributed by atoms with E-state index in [2.05, 4.69) is 5.32 Å². The zero-order valence-corrected chi connectivity index (χ0v) is 20.7. The van der Waals surface area contributed by atoms with Gasteiger partial charge >= 0.3 is 0 Å². The van der Waals surface area contributed by atoms with Crippen molar-refractivity contribution in [1.82, 2.24) is 14.9 Å². The molecule has 0 spiro atoms. The van der Waals surface area contributed by atoms with Crippen LogP contribution in [0.25, 0.3) is 22.4 Å². The van der Waals surface area contributed by atoms with Gasteiger partial charge in [-0.2, -0.15) is 0 Å². The molecule has 1 atom stereocenters. The number of benzene rings is 2. The lowest BCUT2D eigenvalue weighted by molar-refractivity contribution is -0.127. The summed E-state index contributed by atoms with van der Waals surface area (Å²) in [5.74, 6) is 0.350. The molecule has 2 aliphatic rings. The second-order valence-corrected chi connectivity index (χ2v) is 10.6. The summed E-state index contributed by atoms with van der Waals surface area (Å²) >= 11 is 12.4. The number of fused-ring (bicyclic) bond motifs is 1. The van der Waals surface area contributed by atoms with Gasteiger partial charge in [0.25, 0.3) is 0 Å². The summed E-state index contributed by atoms with van der Waals surface area (Å²) in [6.07, 6.45) is 11.0. The van der Waals surface area contributed by atoms with Crippen molar-refractivity contribution in [2.75, 3.05) is 0 Å². The number of carbonyl (C=O) groups excluding carboxylic acids is 1. The van der Waals surface area contributed by atoms with E-state index in [0.717, 1.165) is 56.9 Å². The molecule has 2 aromatic carbocycles. The van der Waals surface area contributed by atoms with Gasteiger partial charge in [0, 0.05) is 22.7 Å². The van der Waals surface area contributed by atoms with Crippen molar-refractivity contribution in [3.63, 3.8) is 0 Å². The summed E-state index contributed by atoms with van der Waals surface area (Å²) in [7, 11) is 0. The molecule has 2 saturated carbocycles. The molecule has 5 rings (SSSR count). The highest BCUT2D eigenvalue weighted by atomic mass is 35.5. The van der Waals surface area contributed by atoms with Gasteiger partial charge in [0.1, 0.15) is 17.7 Å². The highest BCUT2D eigenvalue weighted by molar-refractivity contribution is 6.31. The van der Waals surface area contributed by atoms with Crippen LogP contribution in [-0.2, 0) is 4.79 Å². The molecule has 2 fully saturated rings. The predicted molar refractivity (Wildman–Crippen MR) is 136 cm³/mol. The minimum atomic E-state index is -0.512. The molecule has 0 aliphatic heterocycles. The highest BCUT2D eigenvalue weighted by Crippen LogP contribution is 2.39. The molecule has 1 unspecified atom stereocenters. The van der Waals surface area contributed by atoms with Gasteiger partial charge in [-0.1, -0.05) is 61.7 Å². The number of carbonyl (C=O) groups is 1. The molecule has 2 aliphatic carbocycles. The van der Waals surface area contributed by atoms with Crippen LogP contribution in [0.3, 0.4) is 0 Å². The van der Waals surface area contributed by atoms with Crippen LogP contribution in [-0.4, -0.2) is 21.5 Å². The Kier molecular flexibility index (Phi) is 7.12. The van der Waals surface area contributed by atoms with E-state index in [-0.39, 0.29) is 22.9 Å². The third kappa shape index (κ3) is 4.83. The molecule has 1 aromatic heterocycles. The topological polar surface area (TPSA) is 46.9 Å². The Morgan fingerprint density at radius 2 is 1.62 bits per heavy atom. The van der Waals surface area contributed by atoms with Crippen LogP contribution in [0.2, 0.25) is 10.0 Å². The number of amides is 1. The Morgan fingerprint density at radius 3 is 2.29 bits per heavy atom. The SMILES string of the molecule is O=C(NC1CCCCC1)C(C1CCCCC1)n1c(-c2ccc(Cl)cc2)nc2cc(F)c(Cl)cc21. The average molecular weight is 502 g/mol. The first-order valence-corrected chi connectivity index (χ1v) is 13.2. The normalized spacial score (nSPS) is 18.8. The van der Waals surface area contributed by atoms with E-state index < -0.39 is 11.9 Å². The van der Waals surface area contributed by atoms with Crippen LogP contribution in [0.15, 0.2) is 36.4 Å². The van der Waals surface area contributed by atoms with Crippen LogP contribution in [0.4, 0.5) is 4.39 Å². The first kappa shape index (κ1) is 23.6. The van der Waals surface area contributed by atoms with Crippen LogP contribution >= 0.6 is 23.2 Å². The number of rotatable bonds is 5. The second kappa shape index (κ2) is 10.2. The van der Waals surface area contributed by atoms with Crippen molar-refractivity contribution in [1.29, 1.82) is 0 Å². The van der Waals surface area contributed by atoms with Crippen molar-refractivity contribution >= 4 is 40.1 Å². The fraction of sp³-hybridized carbons (Fsp3) is 0.481. The first-order chi connectivity index (χ1) is 16.5. The number of nitrogens with one attached hydrogen (secondary N) is 1. The molecular formula is C27H30Cl2FN3O. The molecule has 0 saturated heterocycles. The summed E-state index contributed by atoms with van der Waals surface area (Å²) < 4.78 is 16.4. The standard InChI is InChI=1S/C27H30Cl2FN3O/c28-19-13-11-18(12-14-19)26-32-23-16-22(30)21(29)15-24(23)33(26)25(17-7-3-1-4-8-17)27(34)31-20-9-5-2-6-10-20/h11-17,20,25H,1-10H2,(H,31,34). The van der Waals surface area contributed by atoms with Gasteiger partial charge in [-0.3, -0.25) is 4.79 Å². The van der Waals surface area contributed by atoms with Gasteiger partial charge in [-0.25, -0.2) is 9.37 Å². The van der Waals surface area contributed by atoms with E-state index in [1.54, 1.807) is 6.07 Å². The Balaban J connectivity index is 1.65. The lowest BCUT2D eigenvalue weighted by Crippen LogP contribution is -2.43. The number of aromatic nitrogens is 2. The number of imidazole rings is 1. The van der Waals surface area contributed by atoms with E-state index in [9.17, 15) is 9.18 Å². The predicted octanol–water partition coefficient (Wildman–Crippen LogP) is 7.72. The minimum absolute atomic E-state index is 0.0337. The van der Waals surface area contributed by atoms with Crippen molar-refractivity contribution < 1.29 is 9.18 Å². The molecule has 1 amide bonds. The molecule has 0 radical (unpaired) electrons. The van der Waals surface area contributed by atoms with Gasteiger partial charge in [-0.15, -0.1) is 0 Å².